The van der Waals surface area contributed by atoms with Crippen molar-refractivity contribution in [1.29, 1.82) is 0 Å². The highest BCUT2D eigenvalue weighted by atomic mass is 19.1. The number of anilines is 1. The molecule has 32 heavy (non-hydrogen) atoms. The maximum Gasteiger partial charge on any atom is 0.255 e. The lowest BCUT2D eigenvalue weighted by molar-refractivity contribution is 0.0935. The molecule has 0 bridgehead atoms. The Bertz CT molecular complexity index is 1040. The third-order valence-electron chi connectivity index (χ3n) is 7.92. The Labute approximate surface area is 186 Å². The molecule has 5 nitrogen and oxygen atoms in total. The van der Waals surface area contributed by atoms with Crippen LogP contribution in [0.3, 0.4) is 0 Å². The first-order valence-corrected chi connectivity index (χ1v) is 11.7. The van der Waals surface area contributed by atoms with Gasteiger partial charge in [0.2, 0.25) is 0 Å². The quantitative estimate of drug-likeness (QED) is 0.761. The lowest BCUT2D eigenvalue weighted by Gasteiger charge is -2.28. The van der Waals surface area contributed by atoms with Crippen LogP contribution >= 0.6 is 0 Å². The lowest BCUT2D eigenvalue weighted by atomic mass is 9.96. The molecule has 4 aliphatic rings. The van der Waals surface area contributed by atoms with Gasteiger partial charge in [-0.1, -0.05) is 0 Å². The summed E-state index contributed by atoms with van der Waals surface area (Å²) in [4.78, 5) is 19.9. The molecule has 0 radical (unpaired) electrons. The summed E-state index contributed by atoms with van der Waals surface area (Å²) in [6.07, 6.45) is 9.84. The van der Waals surface area contributed by atoms with E-state index in [4.69, 9.17) is 0 Å². The number of hydrogen-bond acceptors (Lipinski definition) is 4. The van der Waals surface area contributed by atoms with E-state index in [1.807, 2.05) is 0 Å². The van der Waals surface area contributed by atoms with E-state index in [1.54, 1.807) is 12.4 Å². The zero-order chi connectivity index (χ0) is 21.9. The molecule has 1 spiro atoms. The number of carbonyl (C=O) groups is 1. The van der Waals surface area contributed by atoms with E-state index >= 15 is 0 Å². The van der Waals surface area contributed by atoms with Crippen LogP contribution in [-0.2, 0) is 0 Å². The Morgan fingerprint density at radius 3 is 2.59 bits per heavy atom. The topological polar surface area (TPSA) is 57.3 Å². The van der Waals surface area contributed by atoms with E-state index in [9.17, 15) is 13.6 Å². The highest BCUT2D eigenvalue weighted by molar-refractivity contribution is 6.03. The van der Waals surface area contributed by atoms with Crippen LogP contribution in [-0.4, -0.2) is 42.1 Å². The fraction of sp³-hybridized carbons (Fsp3) is 0.520. The minimum absolute atomic E-state index is 0.0498. The average molecular weight is 439 g/mol. The van der Waals surface area contributed by atoms with Crippen LogP contribution in [0.15, 0.2) is 30.6 Å². The Kier molecular flexibility index (Phi) is 4.72. The predicted molar refractivity (Wildman–Crippen MR) is 118 cm³/mol. The van der Waals surface area contributed by atoms with Gasteiger partial charge in [-0.15, -0.1) is 0 Å². The maximum atomic E-state index is 14.1. The van der Waals surface area contributed by atoms with Crippen LogP contribution in [0.1, 0.15) is 48.9 Å². The van der Waals surface area contributed by atoms with Crippen molar-refractivity contribution in [3.63, 3.8) is 0 Å². The van der Waals surface area contributed by atoms with E-state index in [0.29, 0.717) is 16.7 Å². The van der Waals surface area contributed by atoms with E-state index in [1.165, 1.54) is 18.6 Å². The first-order valence-electron chi connectivity index (χ1n) is 11.7. The molecule has 7 heteroatoms. The normalized spacial score (nSPS) is 30.7. The number of pyridine rings is 1. The third-order valence-corrected chi connectivity index (χ3v) is 7.92. The zero-order valence-electron chi connectivity index (χ0n) is 18.0. The van der Waals surface area contributed by atoms with Gasteiger partial charge in [-0.3, -0.25) is 9.78 Å². The monoisotopic (exact) mass is 438 g/mol. The van der Waals surface area contributed by atoms with E-state index in [2.05, 4.69) is 20.5 Å². The highest BCUT2D eigenvalue weighted by Gasteiger charge is 2.46. The molecule has 3 unspecified atom stereocenters. The molecule has 2 N–H and O–H groups in total. The second-order valence-corrected chi connectivity index (χ2v) is 10.1. The number of fused-ring (bicyclic) bond motifs is 1. The standard InChI is InChI=1S/C25H28F2N4O/c26-18-7-17(8-19(27)11-18)21-12-28-13-22(24(32)30-20-9-15-6-16(15)10-20)23(21)31-5-3-25(14-31)2-1-4-29-25/h7-8,11-13,15-16,20,29H,1-6,9-10,14H2,(H,30,32). The molecule has 2 aliphatic carbocycles. The van der Waals surface area contributed by atoms with Crippen LogP contribution < -0.4 is 15.5 Å². The Balaban J connectivity index is 1.39. The predicted octanol–water partition coefficient (Wildman–Crippen LogP) is 3.89. The first kappa shape index (κ1) is 20.1. The van der Waals surface area contributed by atoms with Gasteiger partial charge in [0.25, 0.3) is 5.91 Å². The van der Waals surface area contributed by atoms with Crippen molar-refractivity contribution in [2.24, 2.45) is 11.8 Å². The number of halogens is 2. The summed E-state index contributed by atoms with van der Waals surface area (Å²) < 4.78 is 28.1. The van der Waals surface area contributed by atoms with Crippen molar-refractivity contribution in [2.75, 3.05) is 24.5 Å². The molecular weight excluding hydrogens is 410 g/mol. The van der Waals surface area contributed by atoms with E-state index < -0.39 is 11.6 Å². The molecule has 6 rings (SSSR count). The third kappa shape index (κ3) is 3.56. The molecule has 2 saturated carbocycles. The number of hydrogen-bond donors (Lipinski definition) is 2. The Morgan fingerprint density at radius 1 is 1.09 bits per heavy atom. The van der Waals surface area contributed by atoms with Gasteiger partial charge in [0.15, 0.2) is 0 Å². The van der Waals surface area contributed by atoms with Crippen LogP contribution in [0.4, 0.5) is 14.5 Å². The van der Waals surface area contributed by atoms with Gasteiger partial charge in [-0.05, 0) is 74.6 Å². The van der Waals surface area contributed by atoms with Crippen molar-refractivity contribution in [3.8, 4) is 11.1 Å². The van der Waals surface area contributed by atoms with Gasteiger partial charge >= 0.3 is 0 Å². The summed E-state index contributed by atoms with van der Waals surface area (Å²) in [5, 5.41) is 6.86. The van der Waals surface area contributed by atoms with Gasteiger partial charge in [0.1, 0.15) is 11.6 Å². The molecule has 1 amide bonds. The number of amides is 1. The Hall–Kier alpha value is -2.54. The van der Waals surface area contributed by atoms with Crippen molar-refractivity contribution >= 4 is 11.6 Å². The fourth-order valence-corrected chi connectivity index (χ4v) is 6.26. The van der Waals surface area contributed by atoms with Crippen molar-refractivity contribution in [1.82, 2.24) is 15.6 Å². The lowest BCUT2D eigenvalue weighted by Crippen LogP contribution is -2.43. The van der Waals surface area contributed by atoms with Crippen LogP contribution in [0.25, 0.3) is 11.1 Å². The first-order chi connectivity index (χ1) is 15.5. The van der Waals surface area contributed by atoms with Crippen LogP contribution in [0.2, 0.25) is 0 Å². The summed E-state index contributed by atoms with van der Waals surface area (Å²) in [6.45, 7) is 2.56. The van der Waals surface area contributed by atoms with Gasteiger partial charge < -0.3 is 15.5 Å². The highest BCUT2D eigenvalue weighted by Crippen LogP contribution is 2.51. The molecular formula is C25H28F2N4O. The van der Waals surface area contributed by atoms with E-state index in [0.717, 1.165) is 75.3 Å². The maximum absolute atomic E-state index is 14.1. The molecule has 1 aromatic heterocycles. The van der Waals surface area contributed by atoms with Crippen molar-refractivity contribution < 1.29 is 13.6 Å². The summed E-state index contributed by atoms with van der Waals surface area (Å²) in [7, 11) is 0. The Morgan fingerprint density at radius 2 is 1.88 bits per heavy atom. The largest absolute Gasteiger partial charge is 0.368 e. The van der Waals surface area contributed by atoms with Gasteiger partial charge in [-0.25, -0.2) is 8.78 Å². The number of benzene rings is 1. The molecule has 3 atom stereocenters. The molecule has 168 valence electrons. The molecule has 4 fully saturated rings. The zero-order valence-corrected chi connectivity index (χ0v) is 18.0. The summed E-state index contributed by atoms with van der Waals surface area (Å²) in [5.74, 6) is 0.123. The number of aromatic nitrogens is 1. The minimum atomic E-state index is -0.638. The SMILES string of the molecule is O=C(NC1CC2CC2C1)c1cncc(-c2cc(F)cc(F)c2)c1N1CCC2(CCCN2)C1. The number of nitrogens with zero attached hydrogens (tertiary/aromatic N) is 2. The summed E-state index contributed by atoms with van der Waals surface area (Å²) in [6, 6.07) is 3.70. The minimum Gasteiger partial charge on any atom is -0.368 e. The van der Waals surface area contributed by atoms with Gasteiger partial charge in [0, 0.05) is 48.7 Å². The van der Waals surface area contributed by atoms with Crippen LogP contribution in [0, 0.1) is 23.5 Å². The molecule has 2 aliphatic heterocycles. The number of rotatable bonds is 4. The number of nitrogens with one attached hydrogen (secondary N) is 2. The van der Waals surface area contributed by atoms with E-state index in [-0.39, 0.29) is 17.5 Å². The molecule has 2 saturated heterocycles. The second kappa shape index (κ2) is 7.51. The molecule has 1 aromatic carbocycles. The average Bonchev–Trinajstić information content (AvgIpc) is 3.15. The fourth-order valence-electron chi connectivity index (χ4n) is 6.26. The summed E-state index contributed by atoms with van der Waals surface area (Å²) in [5.41, 5.74) is 2.27. The second-order valence-electron chi connectivity index (χ2n) is 10.1. The molecule has 3 heterocycles. The van der Waals surface area contributed by atoms with Gasteiger partial charge in [0.05, 0.1) is 11.3 Å². The van der Waals surface area contributed by atoms with Gasteiger partial charge in [-0.2, -0.15) is 0 Å². The number of carbonyl (C=O) groups excluding carboxylic acids is 1. The van der Waals surface area contributed by atoms with Crippen molar-refractivity contribution in [3.05, 3.63) is 47.8 Å². The van der Waals surface area contributed by atoms with Crippen LogP contribution in [0.5, 0.6) is 0 Å². The molecule has 2 aromatic rings. The smallest absolute Gasteiger partial charge is 0.255 e. The van der Waals surface area contributed by atoms with Crippen molar-refractivity contribution in [2.45, 2.75) is 50.1 Å². The summed E-state index contributed by atoms with van der Waals surface area (Å²) >= 11 is 0.